The number of amides is 2. The summed E-state index contributed by atoms with van der Waals surface area (Å²) in [6.07, 6.45) is 1.23. The lowest BCUT2D eigenvalue weighted by atomic mass is 9.97. The molecule has 96 valence electrons. The number of nitrogens with zero attached hydrogens (tertiary/aromatic N) is 1. The fourth-order valence-corrected chi connectivity index (χ4v) is 2.03. The van der Waals surface area contributed by atoms with Crippen molar-refractivity contribution in [2.24, 2.45) is 0 Å². The summed E-state index contributed by atoms with van der Waals surface area (Å²) in [5, 5.41) is 0. The van der Waals surface area contributed by atoms with Crippen molar-refractivity contribution in [3.8, 4) is 5.75 Å². The van der Waals surface area contributed by atoms with Crippen LogP contribution in [0.5, 0.6) is 5.75 Å². The van der Waals surface area contributed by atoms with Gasteiger partial charge >= 0.3 is 0 Å². The minimum Gasteiger partial charge on any atom is -0.494 e. The first-order valence-electron chi connectivity index (χ1n) is 6.16. The molecule has 1 aromatic rings. The zero-order chi connectivity index (χ0) is 13.1. The fourth-order valence-electron chi connectivity index (χ4n) is 2.03. The Morgan fingerprint density at radius 2 is 1.94 bits per heavy atom. The molecule has 0 N–H and O–H groups in total. The van der Waals surface area contributed by atoms with E-state index in [2.05, 4.69) is 0 Å². The Hall–Kier alpha value is -1.84. The second-order valence-electron chi connectivity index (χ2n) is 4.47. The number of hydrogen-bond acceptors (Lipinski definition) is 3. The molecule has 0 radical (unpaired) electrons. The van der Waals surface area contributed by atoms with E-state index in [9.17, 15) is 9.59 Å². The smallest absolute Gasteiger partial charge is 0.236 e. The van der Waals surface area contributed by atoms with Gasteiger partial charge in [-0.2, -0.15) is 0 Å². The average molecular weight is 247 g/mol. The van der Waals surface area contributed by atoms with Gasteiger partial charge in [-0.1, -0.05) is 19.1 Å². The molecule has 0 bridgehead atoms. The molecule has 18 heavy (non-hydrogen) atoms. The number of ether oxygens (including phenoxy) is 1. The maximum Gasteiger partial charge on any atom is 0.236 e. The Bertz CT molecular complexity index is 453. The molecule has 4 heteroatoms. The molecular formula is C14H17NO3. The van der Waals surface area contributed by atoms with Crippen LogP contribution in [0.25, 0.3) is 0 Å². The number of benzene rings is 1. The number of imide groups is 1. The summed E-state index contributed by atoms with van der Waals surface area (Å²) < 4.78 is 5.48. The van der Waals surface area contributed by atoms with E-state index in [0.717, 1.165) is 17.7 Å². The van der Waals surface area contributed by atoms with Crippen molar-refractivity contribution in [1.29, 1.82) is 0 Å². The Morgan fingerprint density at radius 1 is 1.28 bits per heavy atom. The Kier molecular flexibility index (Phi) is 3.65. The standard InChI is InChI=1S/C14H17NO3/c1-3-8-18-11-6-4-10(5-7-11)12-9-13(16)15(2)14(12)17/h4-7,12H,3,8-9H2,1-2H3/t12-/m0/s1. The van der Waals surface area contributed by atoms with Gasteiger partial charge in [-0.25, -0.2) is 0 Å². The third kappa shape index (κ3) is 2.37. The molecule has 2 rings (SSSR count). The van der Waals surface area contributed by atoms with Crippen LogP contribution in [0.1, 0.15) is 31.2 Å². The summed E-state index contributed by atoms with van der Waals surface area (Å²) >= 11 is 0. The molecule has 2 amide bonds. The molecule has 1 aromatic carbocycles. The van der Waals surface area contributed by atoms with Crippen LogP contribution in [-0.4, -0.2) is 30.4 Å². The molecule has 0 saturated carbocycles. The highest BCUT2D eigenvalue weighted by atomic mass is 16.5. The SMILES string of the molecule is CCCOc1ccc([C@@H]2CC(=O)N(C)C2=O)cc1. The van der Waals surface area contributed by atoms with Gasteiger partial charge in [-0.3, -0.25) is 14.5 Å². The van der Waals surface area contributed by atoms with E-state index in [0.29, 0.717) is 6.61 Å². The monoisotopic (exact) mass is 247 g/mol. The first-order valence-corrected chi connectivity index (χ1v) is 6.16. The summed E-state index contributed by atoms with van der Waals surface area (Å²) in [7, 11) is 1.53. The number of carbonyl (C=O) groups excluding carboxylic acids is 2. The second kappa shape index (κ2) is 5.21. The minimum atomic E-state index is -0.331. The normalized spacial score (nSPS) is 19.4. The minimum absolute atomic E-state index is 0.115. The lowest BCUT2D eigenvalue weighted by Gasteiger charge is -2.10. The Morgan fingerprint density at radius 3 is 2.44 bits per heavy atom. The van der Waals surface area contributed by atoms with Gasteiger partial charge in [0.25, 0.3) is 0 Å². The fraction of sp³-hybridized carbons (Fsp3) is 0.429. The lowest BCUT2D eigenvalue weighted by molar-refractivity contribution is -0.137. The zero-order valence-corrected chi connectivity index (χ0v) is 10.7. The highest BCUT2D eigenvalue weighted by molar-refractivity contribution is 6.05. The molecule has 1 aliphatic rings. The van der Waals surface area contributed by atoms with E-state index in [4.69, 9.17) is 4.74 Å². The van der Waals surface area contributed by atoms with Gasteiger partial charge in [-0.05, 0) is 24.1 Å². The van der Waals surface area contributed by atoms with Crippen molar-refractivity contribution in [2.45, 2.75) is 25.7 Å². The van der Waals surface area contributed by atoms with Crippen LogP contribution in [0.2, 0.25) is 0 Å². The quantitative estimate of drug-likeness (QED) is 0.764. The van der Waals surface area contributed by atoms with E-state index in [1.54, 1.807) is 0 Å². The van der Waals surface area contributed by atoms with Gasteiger partial charge in [0.2, 0.25) is 11.8 Å². The molecule has 1 heterocycles. The van der Waals surface area contributed by atoms with Gasteiger partial charge < -0.3 is 4.74 Å². The van der Waals surface area contributed by atoms with E-state index < -0.39 is 0 Å². The average Bonchev–Trinajstić information content (AvgIpc) is 2.65. The summed E-state index contributed by atoms with van der Waals surface area (Å²) in [5.41, 5.74) is 0.876. The molecule has 4 nitrogen and oxygen atoms in total. The van der Waals surface area contributed by atoms with Crippen molar-refractivity contribution in [2.75, 3.05) is 13.7 Å². The van der Waals surface area contributed by atoms with Crippen LogP contribution < -0.4 is 4.74 Å². The summed E-state index contributed by atoms with van der Waals surface area (Å²) in [6, 6.07) is 7.42. The number of carbonyl (C=O) groups is 2. The molecule has 0 aliphatic carbocycles. The van der Waals surface area contributed by atoms with Gasteiger partial charge in [0.15, 0.2) is 0 Å². The second-order valence-corrected chi connectivity index (χ2v) is 4.47. The van der Waals surface area contributed by atoms with E-state index in [1.165, 1.54) is 11.9 Å². The molecular weight excluding hydrogens is 230 g/mol. The molecule has 1 atom stereocenters. The number of likely N-dealkylation sites (tertiary alicyclic amines) is 1. The third-order valence-electron chi connectivity index (χ3n) is 3.14. The zero-order valence-electron chi connectivity index (χ0n) is 10.7. The third-order valence-corrected chi connectivity index (χ3v) is 3.14. The highest BCUT2D eigenvalue weighted by Crippen LogP contribution is 2.29. The van der Waals surface area contributed by atoms with Crippen LogP contribution in [-0.2, 0) is 9.59 Å². The number of rotatable bonds is 4. The van der Waals surface area contributed by atoms with Crippen LogP contribution in [0, 0.1) is 0 Å². The summed E-state index contributed by atoms with van der Waals surface area (Å²) in [4.78, 5) is 24.5. The largest absolute Gasteiger partial charge is 0.494 e. The topological polar surface area (TPSA) is 46.6 Å². The summed E-state index contributed by atoms with van der Waals surface area (Å²) in [5.74, 6) is 0.229. The van der Waals surface area contributed by atoms with Crippen LogP contribution in [0.4, 0.5) is 0 Å². The van der Waals surface area contributed by atoms with Gasteiger partial charge in [0.05, 0.1) is 12.5 Å². The molecule has 1 fully saturated rings. The molecule has 1 saturated heterocycles. The maximum atomic E-state index is 11.8. The van der Waals surface area contributed by atoms with Gasteiger partial charge in [0.1, 0.15) is 5.75 Å². The molecule has 1 aliphatic heterocycles. The highest BCUT2D eigenvalue weighted by Gasteiger charge is 2.36. The first kappa shape index (κ1) is 12.6. The maximum absolute atomic E-state index is 11.8. The molecule has 0 spiro atoms. The number of hydrogen-bond donors (Lipinski definition) is 0. The molecule has 0 unspecified atom stereocenters. The van der Waals surface area contributed by atoms with Crippen LogP contribution >= 0.6 is 0 Å². The van der Waals surface area contributed by atoms with Gasteiger partial charge in [-0.15, -0.1) is 0 Å². The van der Waals surface area contributed by atoms with Crippen molar-refractivity contribution in [3.63, 3.8) is 0 Å². The lowest BCUT2D eigenvalue weighted by Crippen LogP contribution is -2.25. The predicted octanol–water partition coefficient (Wildman–Crippen LogP) is 1.95. The van der Waals surface area contributed by atoms with Crippen molar-refractivity contribution >= 4 is 11.8 Å². The Balaban J connectivity index is 2.10. The summed E-state index contributed by atoms with van der Waals surface area (Å²) in [6.45, 7) is 2.73. The van der Waals surface area contributed by atoms with Crippen LogP contribution in [0.15, 0.2) is 24.3 Å². The van der Waals surface area contributed by atoms with Crippen molar-refractivity contribution in [3.05, 3.63) is 29.8 Å². The Labute approximate surface area is 107 Å². The first-order chi connectivity index (χ1) is 8.63. The predicted molar refractivity (Wildman–Crippen MR) is 67.4 cm³/mol. The van der Waals surface area contributed by atoms with Gasteiger partial charge in [0, 0.05) is 13.5 Å². The van der Waals surface area contributed by atoms with E-state index in [-0.39, 0.29) is 24.2 Å². The number of likely N-dealkylation sites (N-methyl/N-ethyl adjacent to an activating group) is 1. The van der Waals surface area contributed by atoms with E-state index >= 15 is 0 Å². The van der Waals surface area contributed by atoms with Crippen molar-refractivity contribution < 1.29 is 14.3 Å². The molecule has 0 aromatic heterocycles. The van der Waals surface area contributed by atoms with E-state index in [1.807, 2.05) is 31.2 Å². The van der Waals surface area contributed by atoms with Crippen LogP contribution in [0.3, 0.4) is 0 Å². The van der Waals surface area contributed by atoms with Crippen molar-refractivity contribution in [1.82, 2.24) is 4.90 Å².